The van der Waals surface area contributed by atoms with Crippen LogP contribution in [-0.2, 0) is 4.79 Å². The number of rotatable bonds is 4. The molecule has 0 aromatic rings. The van der Waals surface area contributed by atoms with Gasteiger partial charge in [0.15, 0.2) is 0 Å². The van der Waals surface area contributed by atoms with E-state index in [4.69, 9.17) is 17.6 Å². The summed E-state index contributed by atoms with van der Waals surface area (Å²) >= 11 is 5.54. The van der Waals surface area contributed by atoms with Crippen molar-refractivity contribution in [3.8, 4) is 0 Å². The molecule has 0 spiro atoms. The summed E-state index contributed by atoms with van der Waals surface area (Å²) in [6.45, 7) is 2.10. The Balaban J connectivity index is 0.00000225. The number of hydrazine groups is 1. The van der Waals surface area contributed by atoms with E-state index in [1.807, 2.05) is 0 Å². The molecule has 16 heavy (non-hydrogen) atoms. The number of nitrogens with zero attached hydrogens (tertiary/aromatic N) is 1. The van der Waals surface area contributed by atoms with Crippen molar-refractivity contribution in [3.05, 3.63) is 0 Å². The average molecular weight is 269 g/mol. The first kappa shape index (κ1) is 16.0. The Labute approximate surface area is 109 Å². The molecule has 0 heterocycles. The van der Waals surface area contributed by atoms with Crippen LogP contribution in [0.3, 0.4) is 0 Å². The van der Waals surface area contributed by atoms with Crippen molar-refractivity contribution >= 4 is 30.1 Å². The number of amides is 1. The molecule has 96 valence electrons. The number of hydrogen-bond acceptors (Lipinski definition) is 2. The van der Waals surface area contributed by atoms with Crippen LogP contribution in [0.4, 0.5) is 0 Å². The van der Waals surface area contributed by atoms with E-state index in [1.165, 1.54) is 19.3 Å². The summed E-state index contributed by atoms with van der Waals surface area (Å²) in [5, 5.41) is 0. The summed E-state index contributed by atoms with van der Waals surface area (Å²) in [5.41, 5.74) is 0. The van der Waals surface area contributed by atoms with Gasteiger partial charge in [-0.2, -0.15) is 4.53 Å². The van der Waals surface area contributed by atoms with Gasteiger partial charge in [0.25, 0.3) is 5.91 Å². The lowest BCUT2D eigenvalue weighted by Gasteiger charge is -2.29. The van der Waals surface area contributed by atoms with E-state index in [9.17, 15) is 4.79 Å². The minimum atomic E-state index is -0.106. The van der Waals surface area contributed by atoms with Gasteiger partial charge in [-0.15, -0.1) is 12.4 Å². The minimum absolute atomic E-state index is 0. The maximum Gasteiger partial charge on any atom is 0.254 e. The molecule has 2 N–H and O–H groups in total. The van der Waals surface area contributed by atoms with Gasteiger partial charge in [0.1, 0.15) is 0 Å². The zero-order valence-corrected chi connectivity index (χ0v) is 11.4. The third kappa shape index (κ3) is 4.48. The van der Waals surface area contributed by atoms with E-state index in [1.54, 1.807) is 0 Å². The van der Waals surface area contributed by atoms with Crippen LogP contribution >= 0.6 is 24.2 Å². The lowest BCUT2D eigenvalue weighted by Crippen LogP contribution is -2.38. The van der Waals surface area contributed by atoms with Crippen molar-refractivity contribution in [2.45, 2.75) is 51.9 Å². The van der Waals surface area contributed by atoms with Gasteiger partial charge in [-0.3, -0.25) is 4.79 Å². The second-order valence-electron chi connectivity index (χ2n) is 4.44. The topological polar surface area (TPSA) is 46.3 Å². The molecule has 3 nitrogen and oxygen atoms in total. The average Bonchev–Trinajstić information content (AvgIpc) is 2.26. The van der Waals surface area contributed by atoms with Crippen molar-refractivity contribution < 1.29 is 4.79 Å². The highest BCUT2D eigenvalue weighted by molar-refractivity contribution is 6.20. The first-order valence-corrected chi connectivity index (χ1v) is 6.25. The van der Waals surface area contributed by atoms with Gasteiger partial charge in [-0.1, -0.05) is 32.6 Å². The highest BCUT2D eigenvalue weighted by Crippen LogP contribution is 2.33. The number of halogens is 2. The van der Waals surface area contributed by atoms with Crippen molar-refractivity contribution in [3.63, 3.8) is 0 Å². The normalized spacial score (nSPS) is 18.7. The molecule has 1 aliphatic carbocycles. The minimum Gasteiger partial charge on any atom is -0.272 e. The van der Waals surface area contributed by atoms with Crippen LogP contribution in [0.2, 0.25) is 0 Å². The molecule has 1 fully saturated rings. The summed E-state index contributed by atoms with van der Waals surface area (Å²) in [5.74, 6) is 5.75. The van der Waals surface area contributed by atoms with Gasteiger partial charge in [0, 0.05) is 17.7 Å². The molecule has 0 saturated heterocycles. The molecular formula is C11H22Cl2N2O. The Bertz CT molecular complexity index is 206. The smallest absolute Gasteiger partial charge is 0.254 e. The zero-order valence-electron chi connectivity index (χ0n) is 9.82. The Morgan fingerprint density at radius 1 is 1.44 bits per heavy atom. The van der Waals surface area contributed by atoms with Crippen LogP contribution in [0.15, 0.2) is 0 Å². The summed E-state index contributed by atoms with van der Waals surface area (Å²) in [4.78, 5) is 11.8. The molecule has 0 aromatic heterocycles. The summed E-state index contributed by atoms with van der Waals surface area (Å²) < 4.78 is 0.745. The second-order valence-corrected chi connectivity index (χ2v) is 4.81. The van der Waals surface area contributed by atoms with E-state index in [0.717, 1.165) is 30.2 Å². The second kappa shape index (κ2) is 8.15. The highest BCUT2D eigenvalue weighted by atomic mass is 35.5. The van der Waals surface area contributed by atoms with Crippen molar-refractivity contribution in [1.82, 2.24) is 4.53 Å². The van der Waals surface area contributed by atoms with Crippen LogP contribution < -0.4 is 5.84 Å². The van der Waals surface area contributed by atoms with Crippen LogP contribution in [0.25, 0.3) is 0 Å². The summed E-state index contributed by atoms with van der Waals surface area (Å²) in [6.07, 6.45) is 8.01. The van der Waals surface area contributed by atoms with Gasteiger partial charge in [0.05, 0.1) is 0 Å². The molecule has 0 aliphatic heterocycles. The van der Waals surface area contributed by atoms with Crippen LogP contribution in [-0.4, -0.2) is 10.4 Å². The molecule has 0 bridgehead atoms. The molecule has 1 rings (SSSR count). The molecule has 1 saturated carbocycles. The fourth-order valence-corrected chi connectivity index (χ4v) is 2.69. The van der Waals surface area contributed by atoms with Gasteiger partial charge >= 0.3 is 0 Å². The van der Waals surface area contributed by atoms with E-state index < -0.39 is 0 Å². The highest BCUT2D eigenvalue weighted by Gasteiger charge is 2.30. The zero-order chi connectivity index (χ0) is 11.3. The molecule has 0 radical (unpaired) electrons. The monoisotopic (exact) mass is 268 g/mol. The van der Waals surface area contributed by atoms with E-state index in [-0.39, 0.29) is 24.2 Å². The fourth-order valence-electron chi connectivity index (χ4n) is 2.57. The Morgan fingerprint density at radius 2 is 2.00 bits per heavy atom. The fraction of sp³-hybridized carbons (Fsp3) is 0.909. The number of carbonyl (C=O) groups excluding carboxylic acids is 1. The number of nitrogens with two attached hydrogens (primary N) is 1. The maximum atomic E-state index is 11.8. The van der Waals surface area contributed by atoms with Gasteiger partial charge in [-0.05, 0) is 25.2 Å². The molecule has 5 heteroatoms. The van der Waals surface area contributed by atoms with Gasteiger partial charge in [0.2, 0.25) is 0 Å². The SMILES string of the molecule is CCCC(C(=O)N(N)Cl)C1CCCCC1.Cl. The molecule has 1 atom stereocenters. The van der Waals surface area contributed by atoms with Crippen molar-refractivity contribution in [2.75, 3.05) is 0 Å². The molecule has 1 unspecified atom stereocenters. The Morgan fingerprint density at radius 3 is 2.44 bits per heavy atom. The van der Waals surface area contributed by atoms with Crippen LogP contribution in [0.5, 0.6) is 0 Å². The standard InChI is InChI=1S/C11H21ClN2O.ClH/c1-2-6-10(11(15)14(12)13)9-7-4-3-5-8-9;/h9-10H,2-8,13H2,1H3;1H. The third-order valence-corrected chi connectivity index (χ3v) is 3.51. The first-order chi connectivity index (χ1) is 7.16. The lowest BCUT2D eigenvalue weighted by atomic mass is 9.78. The van der Waals surface area contributed by atoms with Crippen molar-refractivity contribution in [1.29, 1.82) is 0 Å². The lowest BCUT2D eigenvalue weighted by molar-refractivity contribution is -0.133. The third-order valence-electron chi connectivity index (χ3n) is 3.35. The van der Waals surface area contributed by atoms with Gasteiger partial charge < -0.3 is 0 Å². The summed E-state index contributed by atoms with van der Waals surface area (Å²) in [7, 11) is 0. The Hall–Kier alpha value is 0.01000. The molecule has 0 aromatic carbocycles. The quantitative estimate of drug-likeness (QED) is 0.368. The number of carbonyl (C=O) groups is 1. The predicted octanol–water partition coefficient (Wildman–Crippen LogP) is 3.26. The van der Waals surface area contributed by atoms with Crippen molar-refractivity contribution in [2.24, 2.45) is 17.7 Å². The molecular weight excluding hydrogens is 247 g/mol. The maximum absolute atomic E-state index is 11.8. The van der Waals surface area contributed by atoms with Crippen LogP contribution in [0, 0.1) is 11.8 Å². The molecule has 1 aliphatic rings. The van der Waals surface area contributed by atoms with E-state index >= 15 is 0 Å². The first-order valence-electron chi connectivity index (χ1n) is 5.91. The van der Waals surface area contributed by atoms with E-state index in [0.29, 0.717) is 5.92 Å². The molecule has 1 amide bonds. The Kier molecular flexibility index (Phi) is 8.16. The largest absolute Gasteiger partial charge is 0.272 e. The summed E-state index contributed by atoms with van der Waals surface area (Å²) in [6, 6.07) is 0. The van der Waals surface area contributed by atoms with E-state index in [2.05, 4.69) is 6.92 Å². The van der Waals surface area contributed by atoms with Crippen LogP contribution in [0.1, 0.15) is 51.9 Å². The predicted molar refractivity (Wildman–Crippen MR) is 69.1 cm³/mol. The van der Waals surface area contributed by atoms with Gasteiger partial charge in [-0.25, -0.2) is 5.84 Å². The number of hydrogen-bond donors (Lipinski definition) is 1.